The largest absolute Gasteiger partial charge is 0.384 e. The third-order valence-electron chi connectivity index (χ3n) is 4.10. The first-order valence-electron chi connectivity index (χ1n) is 7.44. The molecule has 0 bridgehead atoms. The van der Waals surface area contributed by atoms with Gasteiger partial charge in [-0.3, -0.25) is 4.90 Å². The number of rotatable bonds is 3. The van der Waals surface area contributed by atoms with Crippen molar-refractivity contribution in [3.63, 3.8) is 0 Å². The number of hydrogen-bond acceptors (Lipinski definition) is 3. The maximum atomic E-state index is 13.4. The van der Waals surface area contributed by atoms with Gasteiger partial charge in [0, 0.05) is 37.8 Å². The first kappa shape index (κ1) is 16.0. The van der Waals surface area contributed by atoms with Gasteiger partial charge in [-0.15, -0.1) is 0 Å². The maximum Gasteiger partial charge on any atom is 0.124 e. The van der Waals surface area contributed by atoms with Crippen molar-refractivity contribution in [2.75, 3.05) is 33.3 Å². The minimum Gasteiger partial charge on any atom is -0.384 e. The van der Waals surface area contributed by atoms with E-state index in [2.05, 4.69) is 35.6 Å². The molecule has 1 aromatic carbocycles. The highest BCUT2D eigenvalue weighted by Gasteiger charge is 2.23. The number of hydrogen-bond donors (Lipinski definition) is 1. The lowest BCUT2D eigenvalue weighted by Crippen LogP contribution is -2.50. The van der Waals surface area contributed by atoms with E-state index in [1.807, 2.05) is 0 Å². The summed E-state index contributed by atoms with van der Waals surface area (Å²) in [6, 6.07) is 5.31. The lowest BCUT2D eigenvalue weighted by molar-refractivity contribution is 0.0883. The van der Waals surface area contributed by atoms with Gasteiger partial charge in [0.05, 0.1) is 0 Å². The van der Waals surface area contributed by atoms with Gasteiger partial charge in [0.15, 0.2) is 0 Å². The average Bonchev–Trinajstić information content (AvgIpc) is 2.49. The molecule has 0 radical (unpaired) electrons. The summed E-state index contributed by atoms with van der Waals surface area (Å²) in [4.78, 5) is 4.79. The Labute approximate surface area is 126 Å². The Kier molecular flexibility index (Phi) is 5.75. The van der Waals surface area contributed by atoms with Crippen LogP contribution in [0.5, 0.6) is 0 Å². The molecule has 3 nitrogen and oxygen atoms in total. The summed E-state index contributed by atoms with van der Waals surface area (Å²) in [5.41, 5.74) is 1.70. The van der Waals surface area contributed by atoms with E-state index in [1.165, 1.54) is 12.1 Å². The van der Waals surface area contributed by atoms with Crippen molar-refractivity contribution in [1.82, 2.24) is 9.80 Å². The number of aliphatic hydroxyl groups excluding tert-OH is 1. The summed E-state index contributed by atoms with van der Waals surface area (Å²) >= 11 is 0. The second kappa shape index (κ2) is 7.56. The maximum absolute atomic E-state index is 13.4. The monoisotopic (exact) mass is 290 g/mol. The Morgan fingerprint density at radius 3 is 2.90 bits per heavy atom. The van der Waals surface area contributed by atoms with Crippen LogP contribution in [0.25, 0.3) is 0 Å². The standard InChI is InChI=1S/C17H23FN2O/c1-3-17-13-20(9-8-19(17)2)12-15-6-7-16(18)11-14(15)5-4-10-21/h6-7,11,17,21H,3,8-10,12-13H2,1-2H3. The lowest BCUT2D eigenvalue weighted by atomic mass is 10.0. The van der Waals surface area contributed by atoms with Crippen molar-refractivity contribution in [2.45, 2.75) is 25.9 Å². The molecule has 1 N–H and O–H groups in total. The molecule has 0 spiro atoms. The zero-order valence-electron chi connectivity index (χ0n) is 12.8. The summed E-state index contributed by atoms with van der Waals surface area (Å²) in [5.74, 6) is 5.17. The van der Waals surface area contributed by atoms with Crippen molar-refractivity contribution >= 4 is 0 Å². The topological polar surface area (TPSA) is 26.7 Å². The van der Waals surface area contributed by atoms with Crippen LogP contribution in [0, 0.1) is 17.7 Å². The Morgan fingerprint density at radius 1 is 1.38 bits per heavy atom. The van der Waals surface area contributed by atoms with Crippen LogP contribution in [0.3, 0.4) is 0 Å². The Bertz CT molecular complexity index is 535. The van der Waals surface area contributed by atoms with Gasteiger partial charge in [-0.2, -0.15) is 0 Å². The van der Waals surface area contributed by atoms with Gasteiger partial charge in [0.2, 0.25) is 0 Å². The molecule has 114 valence electrons. The highest BCUT2D eigenvalue weighted by molar-refractivity contribution is 5.41. The highest BCUT2D eigenvalue weighted by atomic mass is 19.1. The summed E-state index contributed by atoms with van der Waals surface area (Å²) in [5, 5.41) is 8.82. The van der Waals surface area contributed by atoms with E-state index in [0.29, 0.717) is 11.6 Å². The van der Waals surface area contributed by atoms with Crippen LogP contribution >= 0.6 is 0 Å². The van der Waals surface area contributed by atoms with Crippen LogP contribution in [0.1, 0.15) is 24.5 Å². The summed E-state index contributed by atoms with van der Waals surface area (Å²) < 4.78 is 13.4. The predicted octanol–water partition coefficient (Wildman–Crippen LogP) is 1.70. The molecule has 1 atom stereocenters. The molecule has 1 unspecified atom stereocenters. The first-order valence-corrected chi connectivity index (χ1v) is 7.44. The summed E-state index contributed by atoms with van der Waals surface area (Å²) in [6.07, 6.45) is 1.13. The van der Waals surface area contributed by atoms with Gasteiger partial charge >= 0.3 is 0 Å². The van der Waals surface area contributed by atoms with Gasteiger partial charge in [0.1, 0.15) is 12.4 Å². The zero-order chi connectivity index (χ0) is 15.2. The third kappa shape index (κ3) is 4.28. The number of likely N-dealkylation sites (N-methyl/N-ethyl adjacent to an activating group) is 1. The Morgan fingerprint density at radius 2 is 2.19 bits per heavy atom. The molecule has 1 aliphatic heterocycles. The Balaban J connectivity index is 2.12. The van der Waals surface area contributed by atoms with Crippen LogP contribution in [0.15, 0.2) is 18.2 Å². The molecule has 0 saturated carbocycles. The number of benzene rings is 1. The minimum absolute atomic E-state index is 0.206. The fraction of sp³-hybridized carbons (Fsp3) is 0.529. The highest BCUT2D eigenvalue weighted by Crippen LogP contribution is 2.17. The van der Waals surface area contributed by atoms with E-state index in [0.717, 1.165) is 38.2 Å². The molecular formula is C17H23FN2O. The summed E-state index contributed by atoms with van der Waals surface area (Å²) in [7, 11) is 2.17. The van der Waals surface area contributed by atoms with Crippen LogP contribution in [-0.4, -0.2) is 54.2 Å². The summed E-state index contributed by atoms with van der Waals surface area (Å²) in [6.45, 7) is 5.87. The van der Waals surface area contributed by atoms with Gasteiger partial charge in [0.25, 0.3) is 0 Å². The van der Waals surface area contributed by atoms with Crippen molar-refractivity contribution in [3.8, 4) is 11.8 Å². The fourth-order valence-corrected chi connectivity index (χ4v) is 2.77. The Hall–Kier alpha value is -1.41. The molecule has 0 amide bonds. The molecule has 1 heterocycles. The van der Waals surface area contributed by atoms with Crippen molar-refractivity contribution in [2.24, 2.45) is 0 Å². The van der Waals surface area contributed by atoms with Crippen molar-refractivity contribution in [1.29, 1.82) is 0 Å². The third-order valence-corrected chi connectivity index (χ3v) is 4.10. The minimum atomic E-state index is -0.286. The molecule has 0 aliphatic carbocycles. The molecule has 1 fully saturated rings. The van der Waals surface area contributed by atoms with E-state index in [1.54, 1.807) is 6.07 Å². The molecule has 1 aromatic rings. The van der Waals surface area contributed by atoms with Gasteiger partial charge < -0.3 is 10.0 Å². The smallest absolute Gasteiger partial charge is 0.124 e. The van der Waals surface area contributed by atoms with E-state index < -0.39 is 0 Å². The van der Waals surface area contributed by atoms with Gasteiger partial charge in [-0.1, -0.05) is 24.8 Å². The van der Waals surface area contributed by atoms with E-state index >= 15 is 0 Å². The lowest BCUT2D eigenvalue weighted by Gasteiger charge is -2.39. The van der Waals surface area contributed by atoms with Crippen LogP contribution in [0.4, 0.5) is 4.39 Å². The average molecular weight is 290 g/mol. The normalized spacial score (nSPS) is 20.1. The number of nitrogens with zero attached hydrogens (tertiary/aromatic N) is 2. The van der Waals surface area contributed by atoms with E-state index in [4.69, 9.17) is 5.11 Å². The van der Waals surface area contributed by atoms with Crippen molar-refractivity contribution in [3.05, 3.63) is 35.1 Å². The molecule has 1 saturated heterocycles. The zero-order valence-corrected chi connectivity index (χ0v) is 12.8. The number of halogens is 1. The van der Waals surface area contributed by atoms with Crippen LogP contribution in [0.2, 0.25) is 0 Å². The van der Waals surface area contributed by atoms with Gasteiger partial charge in [-0.25, -0.2) is 4.39 Å². The molecule has 1 aliphatic rings. The SMILES string of the molecule is CCC1CN(Cc2ccc(F)cc2C#CCO)CCN1C. The predicted molar refractivity (Wildman–Crippen MR) is 82.3 cm³/mol. The molecule has 2 rings (SSSR count). The van der Waals surface area contributed by atoms with E-state index in [-0.39, 0.29) is 12.4 Å². The quantitative estimate of drug-likeness (QED) is 0.858. The van der Waals surface area contributed by atoms with Crippen LogP contribution in [-0.2, 0) is 6.54 Å². The van der Waals surface area contributed by atoms with Crippen LogP contribution < -0.4 is 0 Å². The second-order valence-corrected chi connectivity index (χ2v) is 5.54. The van der Waals surface area contributed by atoms with Crippen molar-refractivity contribution < 1.29 is 9.50 Å². The molecule has 21 heavy (non-hydrogen) atoms. The first-order chi connectivity index (χ1) is 10.1. The van der Waals surface area contributed by atoms with E-state index in [9.17, 15) is 4.39 Å². The fourth-order valence-electron chi connectivity index (χ4n) is 2.77. The molecule has 4 heteroatoms. The molecule has 0 aromatic heterocycles. The van der Waals surface area contributed by atoms with Gasteiger partial charge in [-0.05, 0) is 31.2 Å². The second-order valence-electron chi connectivity index (χ2n) is 5.54. The number of aliphatic hydroxyl groups is 1. The molecular weight excluding hydrogens is 267 g/mol. The number of piperazine rings is 1.